The molecule has 5 rings (SSSR count). The Morgan fingerprint density at radius 1 is 0.912 bits per heavy atom. The van der Waals surface area contributed by atoms with Gasteiger partial charge in [-0.05, 0) is 73.9 Å². The molecule has 6 heteroatoms. The second-order valence-electron chi connectivity index (χ2n) is 8.97. The molecule has 1 fully saturated rings. The highest BCUT2D eigenvalue weighted by Gasteiger charge is 2.23. The number of pyridine rings is 1. The molecule has 0 saturated carbocycles. The molecule has 6 nitrogen and oxygen atoms in total. The lowest BCUT2D eigenvalue weighted by atomic mass is 10.1. The Bertz CT molecular complexity index is 1320. The first-order valence-corrected chi connectivity index (χ1v) is 11.8. The first-order valence-electron chi connectivity index (χ1n) is 11.8. The minimum Gasteiger partial charge on any atom is -0.487 e. The third-order valence-electron chi connectivity index (χ3n) is 6.70. The lowest BCUT2D eigenvalue weighted by Gasteiger charge is -2.37. The van der Waals surface area contributed by atoms with Crippen molar-refractivity contribution in [1.29, 1.82) is 0 Å². The van der Waals surface area contributed by atoms with Gasteiger partial charge in [0.25, 0.3) is 5.91 Å². The van der Waals surface area contributed by atoms with Crippen LogP contribution in [-0.4, -0.2) is 46.4 Å². The normalized spacial score (nSPS) is 14.0. The lowest BCUT2D eigenvalue weighted by molar-refractivity contribution is 0.0746. The first kappa shape index (κ1) is 22.0. The number of anilines is 1. The fourth-order valence-corrected chi connectivity index (χ4v) is 4.54. The van der Waals surface area contributed by atoms with Crippen molar-refractivity contribution in [2.45, 2.75) is 27.4 Å². The number of aromatic nitrogens is 2. The average Bonchev–Trinajstić information content (AvgIpc) is 3.29. The van der Waals surface area contributed by atoms with Crippen LogP contribution in [0.25, 0.3) is 5.65 Å². The number of carbonyl (C=O) groups excluding carboxylic acids is 1. The minimum atomic E-state index is 0.0722. The molecule has 0 radical (unpaired) electrons. The standard InChI is InChI=1S/C28H30N4O2/c1-20-6-4-8-26(22(20)3)30-14-16-31(17-15-30)28(33)23-9-11-25(12-10-23)34-19-24-18-32-13-5-7-21(2)27(32)29-24/h4-13,18H,14-17,19H2,1-3H3. The third-order valence-corrected chi connectivity index (χ3v) is 6.70. The average molecular weight is 455 g/mol. The quantitative estimate of drug-likeness (QED) is 0.435. The zero-order chi connectivity index (χ0) is 23.7. The molecule has 0 unspecified atom stereocenters. The summed E-state index contributed by atoms with van der Waals surface area (Å²) in [6, 6.07) is 17.9. The van der Waals surface area contributed by atoms with E-state index in [1.165, 1.54) is 16.8 Å². The number of hydrogen-bond donors (Lipinski definition) is 0. The van der Waals surface area contributed by atoms with Gasteiger partial charge in [-0.3, -0.25) is 4.79 Å². The van der Waals surface area contributed by atoms with Crippen LogP contribution in [0, 0.1) is 20.8 Å². The van der Waals surface area contributed by atoms with Crippen LogP contribution < -0.4 is 9.64 Å². The lowest BCUT2D eigenvalue weighted by Crippen LogP contribution is -2.49. The van der Waals surface area contributed by atoms with Gasteiger partial charge in [-0.1, -0.05) is 18.2 Å². The molecule has 4 aromatic rings. The number of imidazole rings is 1. The third kappa shape index (κ3) is 4.36. The topological polar surface area (TPSA) is 50.1 Å². The maximum Gasteiger partial charge on any atom is 0.253 e. The van der Waals surface area contributed by atoms with Crippen molar-refractivity contribution in [1.82, 2.24) is 14.3 Å². The van der Waals surface area contributed by atoms with Crippen LogP contribution >= 0.6 is 0 Å². The van der Waals surface area contributed by atoms with E-state index in [2.05, 4.69) is 41.9 Å². The van der Waals surface area contributed by atoms with Gasteiger partial charge < -0.3 is 18.9 Å². The molecule has 3 heterocycles. The van der Waals surface area contributed by atoms with E-state index in [0.717, 1.165) is 48.8 Å². The highest BCUT2D eigenvalue weighted by Crippen LogP contribution is 2.24. The highest BCUT2D eigenvalue weighted by molar-refractivity contribution is 5.94. The summed E-state index contributed by atoms with van der Waals surface area (Å²) in [6.07, 6.45) is 3.97. The minimum absolute atomic E-state index is 0.0722. The van der Waals surface area contributed by atoms with Crippen LogP contribution in [0.5, 0.6) is 5.75 Å². The number of benzene rings is 2. The Balaban J connectivity index is 1.18. The first-order chi connectivity index (χ1) is 16.5. The van der Waals surface area contributed by atoms with E-state index >= 15 is 0 Å². The van der Waals surface area contributed by atoms with Gasteiger partial charge >= 0.3 is 0 Å². The second-order valence-corrected chi connectivity index (χ2v) is 8.97. The van der Waals surface area contributed by atoms with E-state index in [1.807, 2.05) is 65.0 Å². The van der Waals surface area contributed by atoms with Crippen LogP contribution in [-0.2, 0) is 6.61 Å². The number of carbonyl (C=O) groups is 1. The Morgan fingerprint density at radius 2 is 1.65 bits per heavy atom. The predicted molar refractivity (Wildman–Crippen MR) is 135 cm³/mol. The van der Waals surface area contributed by atoms with E-state index in [0.29, 0.717) is 12.2 Å². The van der Waals surface area contributed by atoms with E-state index < -0.39 is 0 Å². The van der Waals surface area contributed by atoms with Gasteiger partial charge in [0, 0.05) is 49.8 Å². The smallest absolute Gasteiger partial charge is 0.253 e. The molecule has 2 aromatic heterocycles. The van der Waals surface area contributed by atoms with Crippen LogP contribution in [0.2, 0.25) is 0 Å². The zero-order valence-corrected chi connectivity index (χ0v) is 20.0. The van der Waals surface area contributed by atoms with Crippen LogP contribution in [0.15, 0.2) is 67.0 Å². The summed E-state index contributed by atoms with van der Waals surface area (Å²) in [5.74, 6) is 0.799. The van der Waals surface area contributed by atoms with Crippen LogP contribution in [0.4, 0.5) is 5.69 Å². The predicted octanol–water partition coefficient (Wildman–Crippen LogP) is 4.80. The number of piperazine rings is 1. The summed E-state index contributed by atoms with van der Waals surface area (Å²) in [4.78, 5) is 22.0. The molecule has 1 aliphatic heterocycles. The van der Waals surface area contributed by atoms with Crippen molar-refractivity contribution in [3.05, 3.63) is 94.9 Å². The van der Waals surface area contributed by atoms with E-state index in [1.54, 1.807) is 0 Å². The SMILES string of the molecule is Cc1cccc(N2CCN(C(=O)c3ccc(OCc4cn5cccc(C)c5n4)cc3)CC2)c1C. The maximum atomic E-state index is 13.0. The molecule has 0 spiro atoms. The molecule has 0 atom stereocenters. The molecule has 0 bridgehead atoms. The number of ether oxygens (including phenoxy) is 1. The van der Waals surface area contributed by atoms with Crippen LogP contribution in [0.1, 0.15) is 32.7 Å². The molecule has 1 aliphatic rings. The zero-order valence-electron chi connectivity index (χ0n) is 20.0. The fraction of sp³-hybridized carbons (Fsp3) is 0.286. The van der Waals surface area contributed by atoms with E-state index in [9.17, 15) is 4.79 Å². The summed E-state index contributed by atoms with van der Waals surface area (Å²) in [5, 5.41) is 0. The molecule has 2 aromatic carbocycles. The molecular formula is C28H30N4O2. The molecular weight excluding hydrogens is 424 g/mol. The number of hydrogen-bond acceptors (Lipinski definition) is 4. The second kappa shape index (κ2) is 9.21. The van der Waals surface area contributed by atoms with Gasteiger partial charge in [0.05, 0.1) is 5.69 Å². The van der Waals surface area contributed by atoms with Crippen molar-refractivity contribution in [2.24, 2.45) is 0 Å². The van der Waals surface area contributed by atoms with Crippen LogP contribution in [0.3, 0.4) is 0 Å². The highest BCUT2D eigenvalue weighted by atomic mass is 16.5. The van der Waals surface area contributed by atoms with Gasteiger partial charge in [-0.25, -0.2) is 4.98 Å². The number of rotatable bonds is 5. The maximum absolute atomic E-state index is 13.0. The number of aryl methyl sites for hydroxylation is 2. The summed E-state index contributed by atoms with van der Waals surface area (Å²) in [7, 11) is 0. The van der Waals surface area contributed by atoms with Crippen molar-refractivity contribution in [3.63, 3.8) is 0 Å². The molecule has 0 N–H and O–H groups in total. The van der Waals surface area contributed by atoms with Gasteiger partial charge in [0.2, 0.25) is 0 Å². The van der Waals surface area contributed by atoms with Gasteiger partial charge in [0.1, 0.15) is 18.0 Å². The van der Waals surface area contributed by atoms with Gasteiger partial charge in [-0.2, -0.15) is 0 Å². The van der Waals surface area contributed by atoms with Crippen molar-refractivity contribution >= 4 is 17.2 Å². The van der Waals surface area contributed by atoms with Gasteiger partial charge in [0.15, 0.2) is 0 Å². The Hall–Kier alpha value is -3.80. The number of fused-ring (bicyclic) bond motifs is 1. The molecule has 0 aliphatic carbocycles. The summed E-state index contributed by atoms with van der Waals surface area (Å²) in [5.41, 5.74) is 7.53. The Labute approximate surface area is 200 Å². The number of amides is 1. The fourth-order valence-electron chi connectivity index (χ4n) is 4.54. The van der Waals surface area contributed by atoms with Gasteiger partial charge in [-0.15, -0.1) is 0 Å². The molecule has 174 valence electrons. The van der Waals surface area contributed by atoms with Crippen molar-refractivity contribution < 1.29 is 9.53 Å². The summed E-state index contributed by atoms with van der Waals surface area (Å²) in [6.45, 7) is 9.87. The monoisotopic (exact) mass is 454 g/mol. The number of nitrogens with zero attached hydrogens (tertiary/aromatic N) is 4. The van der Waals surface area contributed by atoms with E-state index in [-0.39, 0.29) is 5.91 Å². The van der Waals surface area contributed by atoms with E-state index in [4.69, 9.17) is 4.74 Å². The summed E-state index contributed by atoms with van der Waals surface area (Å²) < 4.78 is 7.93. The summed E-state index contributed by atoms with van der Waals surface area (Å²) >= 11 is 0. The largest absolute Gasteiger partial charge is 0.487 e. The molecule has 1 saturated heterocycles. The Kier molecular flexibility index (Phi) is 5.97. The molecule has 34 heavy (non-hydrogen) atoms. The Morgan fingerprint density at radius 3 is 2.38 bits per heavy atom. The molecule has 1 amide bonds. The van der Waals surface area contributed by atoms with Crippen molar-refractivity contribution in [3.8, 4) is 5.75 Å². The van der Waals surface area contributed by atoms with Crippen molar-refractivity contribution in [2.75, 3.05) is 31.1 Å².